The number of para-hydroxylation sites is 1. The number of pyridine rings is 1. The maximum absolute atomic E-state index is 6.30. The Labute approximate surface area is 221 Å². The second kappa shape index (κ2) is 9.14. The van der Waals surface area contributed by atoms with Crippen molar-refractivity contribution in [1.29, 1.82) is 0 Å². The Hall–Kier alpha value is -5.01. The van der Waals surface area contributed by atoms with E-state index in [4.69, 9.17) is 31.0 Å². The van der Waals surface area contributed by atoms with Gasteiger partial charge in [0.1, 0.15) is 22.5 Å². The number of rotatable bonds is 4. The molecule has 0 amide bonds. The summed E-state index contributed by atoms with van der Waals surface area (Å²) in [5.74, 6) is 1.62. The Bertz CT molecular complexity index is 1870. The van der Waals surface area contributed by atoms with Crippen LogP contribution in [0.4, 0.5) is 0 Å². The highest BCUT2D eigenvalue weighted by Gasteiger charge is 2.18. The smallest absolute Gasteiger partial charge is 0.223 e. The zero-order valence-electron chi connectivity index (χ0n) is 19.8. The number of benzene rings is 3. The van der Waals surface area contributed by atoms with Crippen molar-refractivity contribution >= 4 is 33.7 Å². The fourth-order valence-electron chi connectivity index (χ4n) is 4.35. The van der Waals surface area contributed by atoms with Crippen molar-refractivity contribution in [2.24, 2.45) is 0 Å². The molecule has 0 saturated carbocycles. The molecule has 0 fully saturated rings. The van der Waals surface area contributed by atoms with E-state index in [0.717, 1.165) is 27.7 Å². The van der Waals surface area contributed by atoms with Crippen LogP contribution in [0.15, 0.2) is 108 Å². The molecule has 7 nitrogen and oxygen atoms in total. The summed E-state index contributed by atoms with van der Waals surface area (Å²) in [7, 11) is 0. The Kier molecular flexibility index (Phi) is 5.34. The highest BCUT2D eigenvalue weighted by atomic mass is 35.5. The predicted octanol–water partition coefficient (Wildman–Crippen LogP) is 7.28. The van der Waals surface area contributed by atoms with Crippen LogP contribution < -0.4 is 0 Å². The Morgan fingerprint density at radius 3 is 1.84 bits per heavy atom. The van der Waals surface area contributed by atoms with Crippen molar-refractivity contribution in [2.75, 3.05) is 0 Å². The zero-order chi connectivity index (χ0) is 25.5. The van der Waals surface area contributed by atoms with Gasteiger partial charge in [-0.15, -0.1) is 0 Å². The minimum absolute atomic E-state index is 0.139. The third-order valence-corrected chi connectivity index (χ3v) is 6.33. The van der Waals surface area contributed by atoms with Gasteiger partial charge in [0.05, 0.1) is 0 Å². The van der Waals surface area contributed by atoms with Gasteiger partial charge in [0.15, 0.2) is 23.1 Å². The second-order valence-corrected chi connectivity index (χ2v) is 8.93. The van der Waals surface area contributed by atoms with Crippen molar-refractivity contribution in [3.63, 3.8) is 0 Å². The van der Waals surface area contributed by atoms with Crippen LogP contribution in [-0.4, -0.2) is 29.9 Å². The summed E-state index contributed by atoms with van der Waals surface area (Å²) in [5, 5.41) is 1.02. The van der Waals surface area contributed by atoms with Gasteiger partial charge in [0, 0.05) is 28.3 Å². The van der Waals surface area contributed by atoms with Crippen LogP contribution in [0.3, 0.4) is 0 Å². The van der Waals surface area contributed by atoms with Gasteiger partial charge in [-0.2, -0.15) is 0 Å². The van der Waals surface area contributed by atoms with Crippen LogP contribution in [0.1, 0.15) is 0 Å². The standard InChI is InChI=1S/C30H17ClN6O/c31-30-33-24(26-25(34-30)21-13-7-8-14-23(21)38-26)20-15-16-22(32-17-20)29-36-27(18-9-3-1-4-10-18)35-28(37-29)19-11-5-2-6-12-19/h1-17H. The minimum atomic E-state index is 0.139. The summed E-state index contributed by atoms with van der Waals surface area (Å²) in [4.78, 5) is 27.8. The number of aromatic nitrogens is 6. The average Bonchev–Trinajstić information content (AvgIpc) is 3.36. The van der Waals surface area contributed by atoms with Gasteiger partial charge in [-0.1, -0.05) is 72.8 Å². The van der Waals surface area contributed by atoms with E-state index in [9.17, 15) is 0 Å². The zero-order valence-corrected chi connectivity index (χ0v) is 20.5. The first-order chi connectivity index (χ1) is 18.7. The van der Waals surface area contributed by atoms with Crippen LogP contribution in [-0.2, 0) is 0 Å². The SMILES string of the molecule is Clc1nc(-c2ccc(-c3nc(-c4ccccc4)nc(-c4ccccc4)n3)nc2)c2oc3ccccc3c2n1. The minimum Gasteiger partial charge on any atom is -0.452 e. The summed E-state index contributed by atoms with van der Waals surface area (Å²) >= 11 is 6.30. The lowest BCUT2D eigenvalue weighted by atomic mass is 10.1. The van der Waals surface area contributed by atoms with E-state index in [0.29, 0.717) is 40.0 Å². The van der Waals surface area contributed by atoms with E-state index in [-0.39, 0.29) is 5.28 Å². The summed E-state index contributed by atoms with van der Waals surface area (Å²) in [6, 6.07) is 31.1. The van der Waals surface area contributed by atoms with Gasteiger partial charge in [0.25, 0.3) is 0 Å². The van der Waals surface area contributed by atoms with Crippen molar-refractivity contribution in [3.05, 3.63) is 109 Å². The fourth-order valence-corrected chi connectivity index (χ4v) is 4.52. The molecule has 7 rings (SSSR count). The maximum atomic E-state index is 6.30. The molecule has 0 spiro atoms. The van der Waals surface area contributed by atoms with Crippen molar-refractivity contribution < 1.29 is 4.42 Å². The number of halogens is 1. The van der Waals surface area contributed by atoms with Gasteiger partial charge in [-0.05, 0) is 35.9 Å². The molecule has 7 aromatic rings. The molecule has 38 heavy (non-hydrogen) atoms. The number of nitrogens with zero attached hydrogens (tertiary/aromatic N) is 6. The van der Waals surface area contributed by atoms with Gasteiger partial charge in [0.2, 0.25) is 5.28 Å². The molecule has 180 valence electrons. The molecule has 4 aromatic heterocycles. The fraction of sp³-hybridized carbons (Fsp3) is 0. The van der Waals surface area contributed by atoms with Crippen LogP contribution in [0.2, 0.25) is 5.28 Å². The number of hydrogen-bond donors (Lipinski definition) is 0. The van der Waals surface area contributed by atoms with E-state index >= 15 is 0 Å². The third kappa shape index (κ3) is 3.95. The van der Waals surface area contributed by atoms with E-state index in [1.807, 2.05) is 97.1 Å². The summed E-state index contributed by atoms with van der Waals surface area (Å²) in [5.41, 5.74) is 5.65. The summed E-state index contributed by atoms with van der Waals surface area (Å²) in [6.45, 7) is 0. The number of furan rings is 1. The molecule has 0 aliphatic rings. The number of hydrogen-bond acceptors (Lipinski definition) is 7. The molecular weight excluding hydrogens is 496 g/mol. The molecule has 0 atom stereocenters. The summed E-state index contributed by atoms with van der Waals surface area (Å²) < 4.78 is 6.09. The molecule has 0 unspecified atom stereocenters. The first-order valence-corrected chi connectivity index (χ1v) is 12.3. The lowest BCUT2D eigenvalue weighted by Gasteiger charge is -2.08. The number of fused-ring (bicyclic) bond motifs is 3. The highest BCUT2D eigenvalue weighted by Crippen LogP contribution is 2.34. The van der Waals surface area contributed by atoms with Crippen LogP contribution in [0.25, 0.3) is 67.6 Å². The third-order valence-electron chi connectivity index (χ3n) is 6.16. The van der Waals surface area contributed by atoms with Gasteiger partial charge < -0.3 is 4.42 Å². The molecule has 0 radical (unpaired) electrons. The van der Waals surface area contributed by atoms with Crippen molar-refractivity contribution in [3.8, 4) is 45.6 Å². The highest BCUT2D eigenvalue weighted by molar-refractivity contribution is 6.29. The Morgan fingerprint density at radius 1 is 0.553 bits per heavy atom. The van der Waals surface area contributed by atoms with Crippen molar-refractivity contribution in [1.82, 2.24) is 29.9 Å². The summed E-state index contributed by atoms with van der Waals surface area (Å²) in [6.07, 6.45) is 1.72. The molecule has 0 aliphatic carbocycles. The molecule has 0 bridgehead atoms. The van der Waals surface area contributed by atoms with E-state index in [1.54, 1.807) is 6.20 Å². The molecule has 4 heterocycles. The first-order valence-electron chi connectivity index (χ1n) is 11.9. The molecule has 3 aromatic carbocycles. The van der Waals surface area contributed by atoms with Crippen LogP contribution >= 0.6 is 11.6 Å². The molecule has 0 N–H and O–H groups in total. The normalized spacial score (nSPS) is 11.3. The average molecular weight is 513 g/mol. The van der Waals surface area contributed by atoms with Gasteiger partial charge in [-0.3, -0.25) is 4.98 Å². The van der Waals surface area contributed by atoms with Crippen LogP contribution in [0, 0.1) is 0 Å². The lowest BCUT2D eigenvalue weighted by molar-refractivity contribution is 0.667. The molecule has 0 saturated heterocycles. The molecule has 8 heteroatoms. The molecular formula is C30H17ClN6O. The first kappa shape index (κ1) is 22.2. The van der Waals surface area contributed by atoms with E-state index in [1.165, 1.54) is 0 Å². The maximum Gasteiger partial charge on any atom is 0.223 e. The van der Waals surface area contributed by atoms with Gasteiger partial charge in [-0.25, -0.2) is 24.9 Å². The predicted molar refractivity (Wildman–Crippen MR) is 147 cm³/mol. The Balaban J connectivity index is 1.35. The largest absolute Gasteiger partial charge is 0.452 e. The van der Waals surface area contributed by atoms with E-state index < -0.39 is 0 Å². The monoisotopic (exact) mass is 512 g/mol. The molecule has 0 aliphatic heterocycles. The Morgan fingerprint density at radius 2 is 1.18 bits per heavy atom. The van der Waals surface area contributed by atoms with Crippen LogP contribution in [0.5, 0.6) is 0 Å². The lowest BCUT2D eigenvalue weighted by Crippen LogP contribution is -2.01. The topological polar surface area (TPSA) is 90.5 Å². The van der Waals surface area contributed by atoms with Gasteiger partial charge >= 0.3 is 0 Å². The second-order valence-electron chi connectivity index (χ2n) is 8.59. The van der Waals surface area contributed by atoms with Crippen molar-refractivity contribution in [2.45, 2.75) is 0 Å². The van der Waals surface area contributed by atoms with E-state index in [2.05, 4.69) is 15.0 Å². The quantitative estimate of drug-likeness (QED) is 0.229.